The molecule has 90 valence electrons. The zero-order valence-electron chi connectivity index (χ0n) is 9.80. The molecule has 2 heterocycles. The lowest BCUT2D eigenvalue weighted by Gasteiger charge is -2.18. The molecule has 0 bridgehead atoms. The van der Waals surface area contributed by atoms with E-state index in [9.17, 15) is 0 Å². The Balaban J connectivity index is 1.56. The number of benzene rings is 2. The van der Waals surface area contributed by atoms with Crippen molar-refractivity contribution in [3.8, 4) is 11.5 Å². The molecule has 0 saturated heterocycles. The molecule has 2 aromatic rings. The van der Waals surface area contributed by atoms with E-state index in [1.807, 2.05) is 30.3 Å². The van der Waals surface area contributed by atoms with Gasteiger partial charge in [0.2, 0.25) is 0 Å². The first-order valence-corrected chi connectivity index (χ1v) is 6.17. The highest BCUT2D eigenvalue weighted by atomic mass is 16.7. The highest BCUT2D eigenvalue weighted by Gasteiger charge is 2.35. The largest absolute Gasteiger partial charge is 0.449 e. The third-order valence-electron chi connectivity index (χ3n) is 3.46. The van der Waals surface area contributed by atoms with Crippen molar-refractivity contribution >= 4 is 5.69 Å². The van der Waals surface area contributed by atoms with Gasteiger partial charge in [0.05, 0.1) is 0 Å². The maximum absolute atomic E-state index is 5.84. The zero-order chi connectivity index (χ0) is 11.9. The molecule has 2 aliphatic rings. The van der Waals surface area contributed by atoms with Crippen LogP contribution in [0.25, 0.3) is 0 Å². The van der Waals surface area contributed by atoms with Gasteiger partial charge >= 0.3 is 0 Å². The Kier molecular flexibility index (Phi) is 2.00. The van der Waals surface area contributed by atoms with Crippen LogP contribution in [0.1, 0.15) is 5.56 Å². The summed E-state index contributed by atoms with van der Waals surface area (Å²) in [7, 11) is 0. The predicted molar refractivity (Wildman–Crippen MR) is 69.0 cm³/mol. The van der Waals surface area contributed by atoms with Gasteiger partial charge in [0.25, 0.3) is 6.29 Å². The van der Waals surface area contributed by atoms with E-state index in [2.05, 4.69) is 23.5 Å². The molecule has 0 amide bonds. The minimum atomic E-state index is -0.241. The molecule has 3 heteroatoms. The van der Waals surface area contributed by atoms with Crippen LogP contribution in [0.3, 0.4) is 0 Å². The zero-order valence-corrected chi connectivity index (χ0v) is 9.80. The number of hydrogen-bond acceptors (Lipinski definition) is 3. The number of anilines is 1. The highest BCUT2D eigenvalue weighted by Crippen LogP contribution is 2.37. The van der Waals surface area contributed by atoms with Gasteiger partial charge in [-0.15, -0.1) is 0 Å². The third-order valence-corrected chi connectivity index (χ3v) is 3.46. The van der Waals surface area contributed by atoms with Crippen LogP contribution in [0.15, 0.2) is 48.5 Å². The minimum Gasteiger partial charge on any atom is -0.449 e. The van der Waals surface area contributed by atoms with Crippen LogP contribution in [0, 0.1) is 0 Å². The van der Waals surface area contributed by atoms with Crippen molar-refractivity contribution in [2.75, 3.05) is 5.32 Å². The van der Waals surface area contributed by atoms with E-state index in [1.54, 1.807) is 0 Å². The summed E-state index contributed by atoms with van der Waals surface area (Å²) in [4.78, 5) is 0. The quantitative estimate of drug-likeness (QED) is 0.830. The van der Waals surface area contributed by atoms with E-state index < -0.39 is 0 Å². The van der Waals surface area contributed by atoms with Crippen molar-refractivity contribution in [2.24, 2.45) is 0 Å². The lowest BCUT2D eigenvalue weighted by atomic mass is 10.1. The normalized spacial score (nSPS) is 20.6. The van der Waals surface area contributed by atoms with Gasteiger partial charge in [0.1, 0.15) is 6.04 Å². The van der Waals surface area contributed by atoms with Gasteiger partial charge in [0, 0.05) is 12.1 Å². The van der Waals surface area contributed by atoms with Crippen LogP contribution in [0.2, 0.25) is 0 Å². The standard InChI is InChI=1S/C15H13NO2/c1-2-6-11-10(5-1)9-12(16-11)15-17-13-7-3-4-8-14(13)18-15/h1-8,12,15-16H,9H2. The third kappa shape index (κ3) is 1.44. The fraction of sp³-hybridized carbons (Fsp3) is 0.200. The first-order valence-electron chi connectivity index (χ1n) is 6.17. The molecular weight excluding hydrogens is 226 g/mol. The van der Waals surface area contributed by atoms with Gasteiger partial charge in [-0.25, -0.2) is 0 Å². The van der Waals surface area contributed by atoms with E-state index in [-0.39, 0.29) is 12.3 Å². The number of ether oxygens (including phenoxy) is 2. The molecule has 3 nitrogen and oxygen atoms in total. The van der Waals surface area contributed by atoms with Crippen LogP contribution in [-0.2, 0) is 6.42 Å². The Hall–Kier alpha value is -2.16. The maximum atomic E-state index is 5.84. The Labute approximate surface area is 105 Å². The van der Waals surface area contributed by atoms with Crippen molar-refractivity contribution in [3.05, 3.63) is 54.1 Å². The first kappa shape index (κ1) is 9.83. The molecule has 2 aromatic carbocycles. The average Bonchev–Trinajstić information content (AvgIpc) is 3.02. The predicted octanol–water partition coefficient (Wildman–Crippen LogP) is 2.82. The van der Waals surface area contributed by atoms with Gasteiger partial charge in [-0.1, -0.05) is 30.3 Å². The fourth-order valence-corrected chi connectivity index (χ4v) is 2.57. The maximum Gasteiger partial charge on any atom is 0.261 e. The van der Waals surface area contributed by atoms with E-state index >= 15 is 0 Å². The fourth-order valence-electron chi connectivity index (χ4n) is 2.57. The van der Waals surface area contributed by atoms with E-state index in [0.717, 1.165) is 17.9 Å². The van der Waals surface area contributed by atoms with Crippen LogP contribution >= 0.6 is 0 Å². The number of rotatable bonds is 1. The summed E-state index contributed by atoms with van der Waals surface area (Å²) >= 11 is 0. The number of nitrogens with one attached hydrogen (secondary N) is 1. The summed E-state index contributed by atoms with van der Waals surface area (Å²) in [5.74, 6) is 1.67. The molecule has 1 atom stereocenters. The second-order valence-electron chi connectivity index (χ2n) is 4.66. The summed E-state index contributed by atoms with van der Waals surface area (Å²) in [5, 5.41) is 3.46. The number of para-hydroxylation sites is 3. The van der Waals surface area contributed by atoms with Crippen LogP contribution in [0.4, 0.5) is 5.69 Å². The van der Waals surface area contributed by atoms with Crippen molar-refractivity contribution in [1.29, 1.82) is 0 Å². The Morgan fingerprint density at radius 1 is 0.889 bits per heavy atom. The van der Waals surface area contributed by atoms with Gasteiger partial charge in [0.15, 0.2) is 11.5 Å². The van der Waals surface area contributed by atoms with E-state index in [4.69, 9.17) is 9.47 Å². The van der Waals surface area contributed by atoms with E-state index in [1.165, 1.54) is 11.3 Å². The van der Waals surface area contributed by atoms with Crippen molar-refractivity contribution in [2.45, 2.75) is 18.8 Å². The molecule has 1 unspecified atom stereocenters. The summed E-state index contributed by atoms with van der Waals surface area (Å²) in [6.45, 7) is 0. The van der Waals surface area contributed by atoms with Crippen molar-refractivity contribution < 1.29 is 9.47 Å². The molecule has 0 aromatic heterocycles. The molecule has 0 fully saturated rings. The van der Waals surface area contributed by atoms with Crippen LogP contribution in [-0.4, -0.2) is 12.3 Å². The first-order chi connectivity index (χ1) is 8.90. The number of fused-ring (bicyclic) bond motifs is 2. The molecule has 18 heavy (non-hydrogen) atoms. The SMILES string of the molecule is c1ccc2c(c1)CC(C1Oc3ccccc3O1)N2. The smallest absolute Gasteiger partial charge is 0.261 e. The minimum absolute atomic E-state index is 0.176. The molecule has 2 aliphatic heterocycles. The van der Waals surface area contributed by atoms with Gasteiger partial charge in [-0.05, 0) is 23.8 Å². The Morgan fingerprint density at radius 2 is 1.56 bits per heavy atom. The molecule has 0 saturated carbocycles. The van der Waals surface area contributed by atoms with Crippen molar-refractivity contribution in [1.82, 2.24) is 0 Å². The summed E-state index contributed by atoms with van der Waals surface area (Å²) in [5.41, 5.74) is 2.51. The molecule has 4 rings (SSSR count). The monoisotopic (exact) mass is 239 g/mol. The second kappa shape index (κ2) is 3.67. The molecule has 0 radical (unpaired) electrons. The summed E-state index contributed by atoms with van der Waals surface area (Å²) in [6, 6.07) is 16.3. The molecule has 0 aliphatic carbocycles. The summed E-state index contributed by atoms with van der Waals surface area (Å²) < 4.78 is 11.7. The van der Waals surface area contributed by atoms with Crippen LogP contribution < -0.4 is 14.8 Å². The number of hydrogen-bond donors (Lipinski definition) is 1. The van der Waals surface area contributed by atoms with Crippen molar-refractivity contribution in [3.63, 3.8) is 0 Å². The van der Waals surface area contributed by atoms with Gasteiger partial charge in [-0.2, -0.15) is 0 Å². The lowest BCUT2D eigenvalue weighted by molar-refractivity contribution is 0.0339. The average molecular weight is 239 g/mol. The molecule has 1 N–H and O–H groups in total. The highest BCUT2D eigenvalue weighted by molar-refractivity contribution is 5.57. The Morgan fingerprint density at radius 3 is 2.28 bits per heavy atom. The Bertz CT molecular complexity index is 493. The topological polar surface area (TPSA) is 30.5 Å². The second-order valence-corrected chi connectivity index (χ2v) is 4.66. The van der Waals surface area contributed by atoms with E-state index in [0.29, 0.717) is 0 Å². The molecular formula is C15H13NO2. The van der Waals surface area contributed by atoms with Crippen LogP contribution in [0.5, 0.6) is 11.5 Å². The summed E-state index contributed by atoms with van der Waals surface area (Å²) in [6.07, 6.45) is 0.698. The van der Waals surface area contributed by atoms with Gasteiger partial charge in [-0.3, -0.25) is 0 Å². The lowest BCUT2D eigenvalue weighted by Crippen LogP contribution is -2.38. The van der Waals surface area contributed by atoms with Gasteiger partial charge < -0.3 is 14.8 Å². The molecule has 0 spiro atoms.